The van der Waals surface area contributed by atoms with Gasteiger partial charge in [-0.1, -0.05) is 0 Å². The van der Waals surface area contributed by atoms with E-state index in [1.54, 1.807) is 12.1 Å². The minimum absolute atomic E-state index is 0.123. The molecule has 1 aliphatic heterocycles. The van der Waals surface area contributed by atoms with Crippen molar-refractivity contribution in [3.8, 4) is 23.3 Å². The van der Waals surface area contributed by atoms with Crippen LogP contribution in [0.5, 0.6) is 17.2 Å². The summed E-state index contributed by atoms with van der Waals surface area (Å²) < 4.78 is 34.9. The number of nitrogens with zero attached hydrogens (tertiary/aromatic N) is 1. The molecule has 1 heterocycles. The standard InChI is InChI=1S/C20H19FN2O5/c1-25-18-6-13(9-22)2-3-17(18)27-11-19(24)23-5-4-14-7-16(21)8-15-10-26-12-28-20(14)15/h2-3,6-8H,4-5,10-12H2,1H3,(H,23,24). The lowest BCUT2D eigenvalue weighted by molar-refractivity contribution is -0.123. The number of nitriles is 1. The van der Waals surface area contributed by atoms with Crippen LogP contribution < -0.4 is 19.5 Å². The molecule has 3 rings (SSSR count). The molecule has 8 heteroatoms. The van der Waals surface area contributed by atoms with Crippen molar-refractivity contribution in [2.24, 2.45) is 0 Å². The van der Waals surface area contributed by atoms with Gasteiger partial charge in [0.1, 0.15) is 11.6 Å². The Morgan fingerprint density at radius 3 is 2.96 bits per heavy atom. The average Bonchev–Trinajstić information content (AvgIpc) is 2.71. The molecule has 2 aromatic carbocycles. The number of hydrogen-bond donors (Lipinski definition) is 1. The number of ether oxygens (including phenoxy) is 4. The molecule has 0 aromatic heterocycles. The predicted molar refractivity (Wildman–Crippen MR) is 96.6 cm³/mol. The van der Waals surface area contributed by atoms with Gasteiger partial charge >= 0.3 is 0 Å². The van der Waals surface area contributed by atoms with Crippen LogP contribution in [-0.4, -0.2) is 33.0 Å². The molecule has 0 unspecified atom stereocenters. The minimum atomic E-state index is -0.370. The predicted octanol–water partition coefficient (Wildman–Crippen LogP) is 2.31. The van der Waals surface area contributed by atoms with E-state index in [9.17, 15) is 9.18 Å². The van der Waals surface area contributed by atoms with Crippen molar-refractivity contribution in [2.45, 2.75) is 13.0 Å². The lowest BCUT2D eigenvalue weighted by Gasteiger charge is -2.21. The molecular formula is C20H19FN2O5. The Morgan fingerprint density at radius 2 is 2.18 bits per heavy atom. The lowest BCUT2D eigenvalue weighted by atomic mass is 10.1. The summed E-state index contributed by atoms with van der Waals surface area (Å²) in [6, 6.07) is 9.47. The first-order valence-electron chi connectivity index (χ1n) is 8.60. The number of rotatable bonds is 7. The van der Waals surface area contributed by atoms with E-state index >= 15 is 0 Å². The van der Waals surface area contributed by atoms with Crippen LogP contribution >= 0.6 is 0 Å². The molecule has 28 heavy (non-hydrogen) atoms. The second-order valence-corrected chi connectivity index (χ2v) is 6.03. The van der Waals surface area contributed by atoms with Crippen LogP contribution in [-0.2, 0) is 22.6 Å². The van der Waals surface area contributed by atoms with Gasteiger partial charge in [0.15, 0.2) is 24.9 Å². The molecule has 0 atom stereocenters. The summed E-state index contributed by atoms with van der Waals surface area (Å²) in [6.07, 6.45) is 0.409. The molecule has 0 aliphatic carbocycles. The van der Waals surface area contributed by atoms with Crippen molar-refractivity contribution in [2.75, 3.05) is 27.1 Å². The van der Waals surface area contributed by atoms with E-state index in [-0.39, 0.29) is 25.1 Å². The molecule has 0 bridgehead atoms. The summed E-state index contributed by atoms with van der Waals surface area (Å²) in [6.45, 7) is 0.506. The van der Waals surface area contributed by atoms with Gasteiger partial charge in [-0.2, -0.15) is 5.26 Å². The number of benzene rings is 2. The van der Waals surface area contributed by atoms with Crippen LogP contribution in [0, 0.1) is 17.1 Å². The SMILES string of the molecule is COc1cc(C#N)ccc1OCC(=O)NCCc1cc(F)cc2c1OCOC2. The maximum atomic E-state index is 13.7. The van der Waals surface area contributed by atoms with Gasteiger partial charge in [-0.3, -0.25) is 4.79 Å². The second kappa shape index (κ2) is 9.06. The largest absolute Gasteiger partial charge is 0.493 e. The molecule has 1 N–H and O–H groups in total. The van der Waals surface area contributed by atoms with Gasteiger partial charge in [-0.25, -0.2) is 4.39 Å². The smallest absolute Gasteiger partial charge is 0.257 e. The van der Waals surface area contributed by atoms with Crippen molar-refractivity contribution in [1.29, 1.82) is 5.26 Å². The fourth-order valence-corrected chi connectivity index (χ4v) is 2.83. The van der Waals surface area contributed by atoms with Crippen molar-refractivity contribution in [3.05, 3.63) is 52.8 Å². The monoisotopic (exact) mass is 386 g/mol. The highest BCUT2D eigenvalue weighted by atomic mass is 19.1. The summed E-state index contributed by atoms with van der Waals surface area (Å²) in [5, 5.41) is 11.6. The Kier molecular flexibility index (Phi) is 6.29. The zero-order valence-electron chi connectivity index (χ0n) is 15.3. The maximum Gasteiger partial charge on any atom is 0.257 e. The van der Waals surface area contributed by atoms with E-state index in [1.165, 1.54) is 25.3 Å². The van der Waals surface area contributed by atoms with E-state index in [0.29, 0.717) is 53.5 Å². The van der Waals surface area contributed by atoms with Crippen molar-refractivity contribution < 1.29 is 28.1 Å². The quantitative estimate of drug-likeness (QED) is 0.785. The molecule has 2 aromatic rings. The van der Waals surface area contributed by atoms with E-state index in [0.717, 1.165) is 0 Å². The molecule has 0 saturated heterocycles. The normalized spacial score (nSPS) is 12.3. The number of halogens is 1. The van der Waals surface area contributed by atoms with Gasteiger partial charge in [-0.05, 0) is 36.2 Å². The number of carbonyl (C=O) groups excluding carboxylic acids is 1. The summed E-state index contributed by atoms with van der Waals surface area (Å²) >= 11 is 0. The minimum Gasteiger partial charge on any atom is -0.493 e. The summed E-state index contributed by atoms with van der Waals surface area (Å²) in [4.78, 5) is 12.0. The van der Waals surface area contributed by atoms with E-state index in [4.69, 9.17) is 24.2 Å². The van der Waals surface area contributed by atoms with Gasteiger partial charge in [0.25, 0.3) is 5.91 Å². The third-order valence-corrected chi connectivity index (χ3v) is 4.12. The number of amides is 1. The summed E-state index contributed by atoms with van der Waals surface area (Å²) in [7, 11) is 1.45. The first kappa shape index (κ1) is 19.5. The van der Waals surface area contributed by atoms with Crippen molar-refractivity contribution >= 4 is 5.91 Å². The van der Waals surface area contributed by atoms with E-state index in [1.807, 2.05) is 6.07 Å². The molecule has 1 amide bonds. The molecular weight excluding hydrogens is 367 g/mol. The average molecular weight is 386 g/mol. The van der Waals surface area contributed by atoms with Crippen LogP contribution in [0.3, 0.4) is 0 Å². The lowest BCUT2D eigenvalue weighted by Crippen LogP contribution is -2.30. The summed E-state index contributed by atoms with van der Waals surface area (Å²) in [5.74, 6) is 0.647. The first-order chi connectivity index (χ1) is 13.6. The Labute approximate surface area is 161 Å². The molecule has 0 saturated carbocycles. The van der Waals surface area contributed by atoms with Gasteiger partial charge < -0.3 is 24.3 Å². The summed E-state index contributed by atoms with van der Waals surface area (Å²) in [5.41, 5.74) is 1.76. The van der Waals surface area contributed by atoms with Crippen molar-refractivity contribution in [3.63, 3.8) is 0 Å². The van der Waals surface area contributed by atoms with E-state index < -0.39 is 0 Å². The number of carbonyl (C=O) groups is 1. The van der Waals surface area contributed by atoms with Crippen LogP contribution in [0.25, 0.3) is 0 Å². The molecule has 0 radical (unpaired) electrons. The fraction of sp³-hybridized carbons (Fsp3) is 0.300. The molecule has 7 nitrogen and oxygen atoms in total. The Balaban J connectivity index is 1.52. The second-order valence-electron chi connectivity index (χ2n) is 6.03. The number of methoxy groups -OCH3 is 1. The molecule has 0 spiro atoms. The number of fused-ring (bicyclic) bond motifs is 1. The van der Waals surface area contributed by atoms with Gasteiger partial charge in [0.05, 0.1) is 25.3 Å². The highest BCUT2D eigenvalue weighted by Gasteiger charge is 2.17. The maximum absolute atomic E-state index is 13.7. The van der Waals surface area contributed by atoms with Crippen LogP contribution in [0.1, 0.15) is 16.7 Å². The Hall–Kier alpha value is -3.31. The molecule has 146 valence electrons. The van der Waals surface area contributed by atoms with Crippen LogP contribution in [0.4, 0.5) is 4.39 Å². The highest BCUT2D eigenvalue weighted by molar-refractivity contribution is 5.77. The third kappa shape index (κ3) is 4.69. The van der Waals surface area contributed by atoms with Crippen molar-refractivity contribution in [1.82, 2.24) is 5.32 Å². The number of nitrogens with one attached hydrogen (secondary N) is 1. The van der Waals surface area contributed by atoms with Crippen LogP contribution in [0.15, 0.2) is 30.3 Å². The topological polar surface area (TPSA) is 89.8 Å². The van der Waals surface area contributed by atoms with Gasteiger partial charge in [0.2, 0.25) is 0 Å². The van der Waals surface area contributed by atoms with Gasteiger partial charge in [-0.15, -0.1) is 0 Å². The fourth-order valence-electron chi connectivity index (χ4n) is 2.83. The van der Waals surface area contributed by atoms with Crippen LogP contribution in [0.2, 0.25) is 0 Å². The Bertz CT molecular complexity index is 910. The zero-order valence-corrected chi connectivity index (χ0v) is 15.3. The third-order valence-electron chi connectivity index (χ3n) is 4.12. The Morgan fingerprint density at radius 1 is 1.32 bits per heavy atom. The zero-order chi connectivity index (χ0) is 19.9. The van der Waals surface area contributed by atoms with Gasteiger partial charge in [0, 0.05) is 18.2 Å². The highest BCUT2D eigenvalue weighted by Crippen LogP contribution is 2.30. The molecule has 1 aliphatic rings. The molecule has 0 fully saturated rings. The van der Waals surface area contributed by atoms with E-state index in [2.05, 4.69) is 5.32 Å². The number of hydrogen-bond acceptors (Lipinski definition) is 6. The first-order valence-corrected chi connectivity index (χ1v) is 8.60.